The molecule has 1 aromatic rings. The molecule has 0 radical (unpaired) electrons. The van der Waals surface area contributed by atoms with E-state index in [-0.39, 0.29) is 11.3 Å². The molecule has 0 bridgehead atoms. The van der Waals surface area contributed by atoms with Crippen LogP contribution in [-0.4, -0.2) is 11.3 Å². The van der Waals surface area contributed by atoms with E-state index in [9.17, 15) is 13.2 Å². The molecule has 13 heavy (non-hydrogen) atoms. The fourth-order valence-electron chi connectivity index (χ4n) is 0.985. The van der Waals surface area contributed by atoms with Crippen molar-refractivity contribution in [1.29, 1.82) is 0 Å². The molecular weight excluding hydrogens is 183 g/mol. The quantitative estimate of drug-likeness (QED) is 0.667. The monoisotopic (exact) mass is 191 g/mol. The molecule has 3 N–H and O–H groups in total. The van der Waals surface area contributed by atoms with E-state index in [1.165, 1.54) is 18.2 Å². The number of phenols is 1. The minimum atomic E-state index is -4.35. The molecule has 0 fully saturated rings. The molecule has 0 atom stereocenters. The van der Waals surface area contributed by atoms with Gasteiger partial charge in [0, 0.05) is 11.3 Å². The minimum Gasteiger partial charge on any atom is -0.508 e. The molecule has 1 aromatic carbocycles. The van der Waals surface area contributed by atoms with Gasteiger partial charge in [-0.3, -0.25) is 0 Å². The van der Waals surface area contributed by atoms with Gasteiger partial charge >= 0.3 is 6.18 Å². The zero-order valence-electron chi connectivity index (χ0n) is 6.60. The number of anilines is 1. The van der Waals surface area contributed by atoms with Crippen molar-refractivity contribution in [3.63, 3.8) is 0 Å². The summed E-state index contributed by atoms with van der Waals surface area (Å²) in [5.74, 6) is -0.419. The number of rotatable bonds is 1. The van der Waals surface area contributed by atoms with Gasteiger partial charge in [0.1, 0.15) is 5.75 Å². The molecule has 0 aliphatic carbocycles. The van der Waals surface area contributed by atoms with E-state index in [4.69, 9.17) is 10.8 Å². The lowest BCUT2D eigenvalue weighted by Gasteiger charge is -2.10. The number of halogens is 3. The summed E-state index contributed by atoms with van der Waals surface area (Å²) in [7, 11) is 0. The average Bonchev–Trinajstić information content (AvgIpc) is 1.95. The molecule has 0 saturated heterocycles. The Morgan fingerprint density at radius 1 is 1.31 bits per heavy atom. The molecule has 5 heteroatoms. The Bertz CT molecular complexity index is 288. The van der Waals surface area contributed by atoms with Crippen molar-refractivity contribution >= 4 is 5.69 Å². The molecule has 0 aromatic heterocycles. The van der Waals surface area contributed by atoms with E-state index in [0.29, 0.717) is 0 Å². The SMILES string of the molecule is Nc1cccc(O)c1CC(F)(F)F. The molecule has 1 rings (SSSR count). The van der Waals surface area contributed by atoms with Crippen molar-refractivity contribution in [3.05, 3.63) is 23.8 Å². The Morgan fingerprint density at radius 3 is 2.38 bits per heavy atom. The molecule has 0 aliphatic rings. The summed E-state index contributed by atoms with van der Waals surface area (Å²) in [6.07, 6.45) is -5.56. The predicted octanol–water partition coefficient (Wildman–Crippen LogP) is 2.08. The maximum absolute atomic E-state index is 11.9. The standard InChI is InChI=1S/C8H8F3NO/c9-8(10,11)4-5-6(12)2-1-3-7(5)13/h1-3,13H,4,12H2. The summed E-state index contributed by atoms with van der Waals surface area (Å²) >= 11 is 0. The van der Waals surface area contributed by atoms with E-state index in [1.54, 1.807) is 0 Å². The number of nitrogens with two attached hydrogens (primary N) is 1. The molecule has 0 spiro atoms. The van der Waals surface area contributed by atoms with Crippen LogP contribution in [0.1, 0.15) is 5.56 Å². The molecule has 0 amide bonds. The lowest BCUT2D eigenvalue weighted by Crippen LogP contribution is -2.13. The number of benzene rings is 1. The predicted molar refractivity (Wildman–Crippen MR) is 42.3 cm³/mol. The number of hydrogen-bond acceptors (Lipinski definition) is 2. The van der Waals surface area contributed by atoms with Crippen LogP contribution in [0.3, 0.4) is 0 Å². The van der Waals surface area contributed by atoms with E-state index < -0.39 is 18.3 Å². The summed E-state index contributed by atoms with van der Waals surface area (Å²) in [6, 6.07) is 3.89. The number of alkyl halides is 3. The second-order valence-electron chi connectivity index (χ2n) is 2.64. The van der Waals surface area contributed by atoms with Gasteiger partial charge in [0.25, 0.3) is 0 Å². The Balaban J connectivity index is 3.00. The van der Waals surface area contributed by atoms with Crippen molar-refractivity contribution in [2.75, 3.05) is 5.73 Å². The van der Waals surface area contributed by atoms with Crippen LogP contribution in [0.15, 0.2) is 18.2 Å². The molecule has 2 nitrogen and oxygen atoms in total. The molecular formula is C8H8F3NO. The number of hydrogen-bond donors (Lipinski definition) is 2. The smallest absolute Gasteiger partial charge is 0.393 e. The van der Waals surface area contributed by atoms with Crippen LogP contribution in [0.2, 0.25) is 0 Å². The van der Waals surface area contributed by atoms with E-state index >= 15 is 0 Å². The van der Waals surface area contributed by atoms with Crippen LogP contribution in [-0.2, 0) is 6.42 Å². The second-order valence-corrected chi connectivity index (χ2v) is 2.64. The third kappa shape index (κ3) is 2.54. The van der Waals surface area contributed by atoms with Crippen LogP contribution < -0.4 is 5.73 Å². The van der Waals surface area contributed by atoms with Gasteiger partial charge in [-0.1, -0.05) is 6.07 Å². The summed E-state index contributed by atoms with van der Waals surface area (Å²) < 4.78 is 35.8. The Kier molecular flexibility index (Phi) is 2.36. The number of aromatic hydroxyl groups is 1. The van der Waals surface area contributed by atoms with E-state index in [0.717, 1.165) is 0 Å². The maximum Gasteiger partial charge on any atom is 0.393 e. The fourth-order valence-corrected chi connectivity index (χ4v) is 0.985. The lowest BCUT2D eigenvalue weighted by atomic mass is 10.1. The maximum atomic E-state index is 11.9. The molecule has 0 aliphatic heterocycles. The first kappa shape index (κ1) is 9.70. The van der Waals surface area contributed by atoms with Gasteiger partial charge in [-0.15, -0.1) is 0 Å². The summed E-state index contributed by atoms with van der Waals surface area (Å²) in [6.45, 7) is 0. The molecule has 0 saturated carbocycles. The van der Waals surface area contributed by atoms with Gasteiger partial charge in [-0.05, 0) is 12.1 Å². The fraction of sp³-hybridized carbons (Fsp3) is 0.250. The van der Waals surface area contributed by atoms with E-state index in [1.807, 2.05) is 0 Å². The van der Waals surface area contributed by atoms with Gasteiger partial charge in [0.15, 0.2) is 0 Å². The number of phenolic OH excluding ortho intramolecular Hbond substituents is 1. The topological polar surface area (TPSA) is 46.2 Å². The van der Waals surface area contributed by atoms with Gasteiger partial charge in [0.2, 0.25) is 0 Å². The Morgan fingerprint density at radius 2 is 1.92 bits per heavy atom. The highest BCUT2D eigenvalue weighted by Crippen LogP contribution is 2.30. The summed E-state index contributed by atoms with van der Waals surface area (Å²) in [4.78, 5) is 0. The highest BCUT2D eigenvalue weighted by Gasteiger charge is 2.29. The zero-order chi connectivity index (χ0) is 10.1. The average molecular weight is 191 g/mol. The lowest BCUT2D eigenvalue weighted by molar-refractivity contribution is -0.127. The van der Waals surface area contributed by atoms with Crippen LogP contribution in [0, 0.1) is 0 Å². The van der Waals surface area contributed by atoms with Gasteiger partial charge in [-0.2, -0.15) is 13.2 Å². The second kappa shape index (κ2) is 3.16. The van der Waals surface area contributed by atoms with Crippen molar-refractivity contribution in [1.82, 2.24) is 0 Å². The first-order valence-corrected chi connectivity index (χ1v) is 3.53. The van der Waals surface area contributed by atoms with Crippen molar-refractivity contribution in [2.45, 2.75) is 12.6 Å². The highest BCUT2D eigenvalue weighted by molar-refractivity contribution is 5.53. The highest BCUT2D eigenvalue weighted by atomic mass is 19.4. The Hall–Kier alpha value is -1.39. The van der Waals surface area contributed by atoms with Gasteiger partial charge in [0.05, 0.1) is 6.42 Å². The first-order valence-electron chi connectivity index (χ1n) is 3.53. The number of nitrogen functional groups attached to an aromatic ring is 1. The molecule has 0 heterocycles. The Labute approximate surface area is 72.8 Å². The van der Waals surface area contributed by atoms with Crippen molar-refractivity contribution < 1.29 is 18.3 Å². The van der Waals surface area contributed by atoms with Crippen LogP contribution in [0.5, 0.6) is 5.75 Å². The minimum absolute atomic E-state index is 0.0441. The third-order valence-corrected chi connectivity index (χ3v) is 1.56. The third-order valence-electron chi connectivity index (χ3n) is 1.56. The summed E-state index contributed by atoms with van der Waals surface area (Å²) in [5.41, 5.74) is 4.96. The zero-order valence-corrected chi connectivity index (χ0v) is 6.60. The van der Waals surface area contributed by atoms with Gasteiger partial charge < -0.3 is 10.8 Å². The van der Waals surface area contributed by atoms with Crippen molar-refractivity contribution in [2.24, 2.45) is 0 Å². The van der Waals surface area contributed by atoms with E-state index in [2.05, 4.69) is 0 Å². The normalized spacial score (nSPS) is 11.6. The van der Waals surface area contributed by atoms with Crippen LogP contribution in [0.4, 0.5) is 18.9 Å². The first-order chi connectivity index (χ1) is 5.90. The summed E-state index contributed by atoms with van der Waals surface area (Å²) in [5, 5.41) is 9.07. The van der Waals surface area contributed by atoms with Crippen LogP contribution in [0.25, 0.3) is 0 Å². The van der Waals surface area contributed by atoms with Crippen LogP contribution >= 0.6 is 0 Å². The molecule has 0 unspecified atom stereocenters. The van der Waals surface area contributed by atoms with Gasteiger partial charge in [-0.25, -0.2) is 0 Å². The largest absolute Gasteiger partial charge is 0.508 e. The molecule has 72 valence electrons. The van der Waals surface area contributed by atoms with Crippen molar-refractivity contribution in [3.8, 4) is 5.75 Å².